The average molecular weight is 288 g/mol. The van der Waals surface area contributed by atoms with E-state index in [1.807, 2.05) is 19.2 Å². The molecule has 1 atom stereocenters. The molecule has 1 rings (SSSR count). The molecule has 0 radical (unpaired) electrons. The number of aromatic nitrogens is 1. The Morgan fingerprint density at radius 1 is 1.61 bits per heavy atom. The highest BCUT2D eigenvalue weighted by Crippen LogP contribution is 2.23. The summed E-state index contributed by atoms with van der Waals surface area (Å²) in [6, 6.07) is -0.251. The van der Waals surface area contributed by atoms with Crippen molar-refractivity contribution in [3.63, 3.8) is 0 Å². The quantitative estimate of drug-likeness (QED) is 0.588. The van der Waals surface area contributed by atoms with Crippen LogP contribution < -0.4 is 5.32 Å². The fourth-order valence-corrected chi connectivity index (χ4v) is 3.24. The normalized spacial score (nSPS) is 12.4. The maximum atomic E-state index is 11.8. The summed E-state index contributed by atoms with van der Waals surface area (Å²) in [6.07, 6.45) is 0.997. The van der Waals surface area contributed by atoms with Gasteiger partial charge in [0.1, 0.15) is 10.4 Å². The molecule has 1 heterocycles. The number of nitrogens with one attached hydrogen (secondary N) is 1. The van der Waals surface area contributed by atoms with Crippen molar-refractivity contribution in [2.45, 2.75) is 37.6 Å². The zero-order valence-corrected chi connectivity index (χ0v) is 12.7. The third-order valence-corrected chi connectivity index (χ3v) is 4.42. The lowest BCUT2D eigenvalue weighted by Gasteiger charge is -2.15. The van der Waals surface area contributed by atoms with Gasteiger partial charge in [0.05, 0.1) is 6.61 Å². The highest BCUT2D eigenvalue weighted by Gasteiger charge is 2.19. The van der Waals surface area contributed by atoms with Crippen molar-refractivity contribution in [2.24, 2.45) is 0 Å². The van der Waals surface area contributed by atoms with Gasteiger partial charge in [0.25, 0.3) is 0 Å². The molecule has 1 aromatic heterocycles. The molecule has 0 aliphatic heterocycles. The molecule has 0 amide bonds. The third-order valence-electron chi connectivity index (χ3n) is 2.18. The number of esters is 1. The van der Waals surface area contributed by atoms with Crippen LogP contribution >= 0.6 is 23.1 Å². The van der Waals surface area contributed by atoms with E-state index in [9.17, 15) is 4.79 Å². The van der Waals surface area contributed by atoms with Crippen molar-refractivity contribution >= 4 is 29.1 Å². The summed E-state index contributed by atoms with van der Waals surface area (Å²) in [5.74, 6) is 0.484. The minimum atomic E-state index is -0.251. The molecule has 0 saturated heterocycles. The molecule has 18 heavy (non-hydrogen) atoms. The van der Waals surface area contributed by atoms with E-state index in [0.29, 0.717) is 12.4 Å². The summed E-state index contributed by atoms with van der Waals surface area (Å²) >= 11 is 3.21. The van der Waals surface area contributed by atoms with E-state index in [1.54, 1.807) is 23.1 Å². The first kappa shape index (κ1) is 15.5. The van der Waals surface area contributed by atoms with Gasteiger partial charge in [-0.2, -0.15) is 0 Å². The Balaban J connectivity index is 2.46. The number of hydrogen-bond donors (Lipinski definition) is 1. The molecule has 4 nitrogen and oxygen atoms in total. The number of carbonyl (C=O) groups is 1. The van der Waals surface area contributed by atoms with E-state index in [2.05, 4.69) is 17.2 Å². The summed E-state index contributed by atoms with van der Waals surface area (Å²) in [5, 5.41) is 5.23. The van der Waals surface area contributed by atoms with E-state index >= 15 is 0 Å². The standard InChI is InChI=1S/C12H20N2O2S2/c1-4-6-13-10(11(15)16-5-2)8-18-12-14-9(3)7-17-12/h7,10,13H,4-6,8H2,1-3H3. The molecule has 0 aromatic carbocycles. The monoisotopic (exact) mass is 288 g/mol. The van der Waals surface area contributed by atoms with Crippen LogP contribution in [0.5, 0.6) is 0 Å². The van der Waals surface area contributed by atoms with E-state index in [-0.39, 0.29) is 12.0 Å². The van der Waals surface area contributed by atoms with Crippen LogP contribution in [0.4, 0.5) is 0 Å². The summed E-state index contributed by atoms with van der Waals surface area (Å²) in [4.78, 5) is 16.1. The molecule has 0 aliphatic rings. The number of nitrogens with zero attached hydrogens (tertiary/aromatic N) is 1. The van der Waals surface area contributed by atoms with Crippen molar-refractivity contribution < 1.29 is 9.53 Å². The zero-order valence-electron chi connectivity index (χ0n) is 11.1. The van der Waals surface area contributed by atoms with Gasteiger partial charge in [-0.05, 0) is 26.8 Å². The molecule has 0 fully saturated rings. The molecule has 6 heteroatoms. The highest BCUT2D eigenvalue weighted by atomic mass is 32.2. The Hall–Kier alpha value is -0.590. The first-order chi connectivity index (χ1) is 8.67. The zero-order chi connectivity index (χ0) is 13.4. The van der Waals surface area contributed by atoms with Crippen LogP contribution in [0.1, 0.15) is 26.0 Å². The molecule has 0 bridgehead atoms. The second kappa shape index (κ2) is 8.50. The van der Waals surface area contributed by atoms with E-state index in [0.717, 1.165) is 23.0 Å². The van der Waals surface area contributed by atoms with Gasteiger partial charge in [0.2, 0.25) is 0 Å². The van der Waals surface area contributed by atoms with Gasteiger partial charge in [-0.3, -0.25) is 4.79 Å². The highest BCUT2D eigenvalue weighted by molar-refractivity contribution is 8.01. The van der Waals surface area contributed by atoms with E-state index < -0.39 is 0 Å². The third kappa shape index (κ3) is 5.37. The first-order valence-corrected chi connectivity index (χ1v) is 7.98. The molecular formula is C12H20N2O2S2. The lowest BCUT2D eigenvalue weighted by molar-refractivity contribution is -0.144. The number of thiazole rings is 1. The average Bonchev–Trinajstić information content (AvgIpc) is 2.75. The first-order valence-electron chi connectivity index (χ1n) is 6.12. The Kier molecular flexibility index (Phi) is 7.31. The second-order valence-corrected chi connectivity index (χ2v) is 5.95. The molecule has 1 unspecified atom stereocenters. The van der Waals surface area contributed by atoms with Gasteiger partial charge in [-0.15, -0.1) is 11.3 Å². The predicted octanol–water partition coefficient (Wildman–Crippen LogP) is 2.47. The van der Waals surface area contributed by atoms with Crippen molar-refractivity contribution in [1.29, 1.82) is 0 Å². The van der Waals surface area contributed by atoms with Gasteiger partial charge in [-0.25, -0.2) is 4.98 Å². The smallest absolute Gasteiger partial charge is 0.323 e. The van der Waals surface area contributed by atoms with Crippen LogP contribution in [0.3, 0.4) is 0 Å². The van der Waals surface area contributed by atoms with Crippen LogP contribution in [0.25, 0.3) is 0 Å². The second-order valence-electron chi connectivity index (χ2n) is 3.82. The lowest BCUT2D eigenvalue weighted by atomic mass is 10.3. The Bertz CT molecular complexity index is 369. The van der Waals surface area contributed by atoms with E-state index in [1.165, 1.54) is 0 Å². The largest absolute Gasteiger partial charge is 0.465 e. The summed E-state index contributed by atoms with van der Waals surface area (Å²) in [7, 11) is 0. The van der Waals surface area contributed by atoms with Crippen molar-refractivity contribution in [3.8, 4) is 0 Å². The van der Waals surface area contributed by atoms with Crippen LogP contribution in [0.15, 0.2) is 9.72 Å². The van der Waals surface area contributed by atoms with Gasteiger partial charge < -0.3 is 10.1 Å². The lowest BCUT2D eigenvalue weighted by Crippen LogP contribution is -2.40. The number of carbonyl (C=O) groups excluding carboxylic acids is 1. The Morgan fingerprint density at radius 2 is 2.39 bits per heavy atom. The summed E-state index contributed by atoms with van der Waals surface area (Å²) in [6.45, 7) is 7.11. The fourth-order valence-electron chi connectivity index (χ4n) is 1.33. The van der Waals surface area contributed by atoms with Crippen molar-refractivity contribution in [3.05, 3.63) is 11.1 Å². The predicted molar refractivity (Wildman–Crippen MR) is 76.3 cm³/mol. The molecule has 0 spiro atoms. The fraction of sp³-hybridized carbons (Fsp3) is 0.667. The van der Waals surface area contributed by atoms with Gasteiger partial charge in [0, 0.05) is 16.8 Å². The molecule has 1 N–H and O–H groups in total. The van der Waals surface area contributed by atoms with Crippen molar-refractivity contribution in [2.75, 3.05) is 18.9 Å². The Labute approximate surface area is 117 Å². The van der Waals surface area contributed by atoms with Crippen molar-refractivity contribution in [1.82, 2.24) is 10.3 Å². The number of thioether (sulfide) groups is 1. The summed E-state index contributed by atoms with van der Waals surface area (Å²) in [5.41, 5.74) is 1.02. The SMILES string of the molecule is CCCNC(CSc1nc(C)cs1)C(=O)OCC. The molecule has 0 saturated carbocycles. The number of ether oxygens (including phenoxy) is 1. The number of aryl methyl sites for hydroxylation is 1. The van der Waals surface area contributed by atoms with Crippen LogP contribution in [0.2, 0.25) is 0 Å². The van der Waals surface area contributed by atoms with Gasteiger partial charge in [0.15, 0.2) is 0 Å². The molecule has 0 aliphatic carbocycles. The van der Waals surface area contributed by atoms with Gasteiger partial charge >= 0.3 is 5.97 Å². The van der Waals surface area contributed by atoms with Crippen LogP contribution in [0, 0.1) is 6.92 Å². The molecule has 102 valence electrons. The molecule has 1 aromatic rings. The van der Waals surface area contributed by atoms with Crippen LogP contribution in [-0.4, -0.2) is 35.9 Å². The van der Waals surface area contributed by atoms with Crippen LogP contribution in [-0.2, 0) is 9.53 Å². The van der Waals surface area contributed by atoms with Gasteiger partial charge in [-0.1, -0.05) is 18.7 Å². The Morgan fingerprint density at radius 3 is 2.94 bits per heavy atom. The minimum absolute atomic E-state index is 0.174. The maximum Gasteiger partial charge on any atom is 0.323 e. The number of rotatable bonds is 8. The summed E-state index contributed by atoms with van der Waals surface area (Å²) < 4.78 is 6.06. The maximum absolute atomic E-state index is 11.8. The molecular weight excluding hydrogens is 268 g/mol. The van der Waals surface area contributed by atoms with E-state index in [4.69, 9.17) is 4.74 Å². The number of hydrogen-bond acceptors (Lipinski definition) is 6. The minimum Gasteiger partial charge on any atom is -0.465 e. The topological polar surface area (TPSA) is 51.2 Å².